The quantitative estimate of drug-likeness (QED) is 0.108. The summed E-state index contributed by atoms with van der Waals surface area (Å²) in [7, 11) is 0. The van der Waals surface area contributed by atoms with Crippen LogP contribution in [0.25, 0.3) is 22.2 Å². The highest BCUT2D eigenvalue weighted by Gasteiger charge is 2.58. The normalized spacial score (nSPS) is 17.9. The number of nitrogens with zero attached hydrogens (tertiary/aromatic N) is 2. The number of rotatable bonds is 12. The van der Waals surface area contributed by atoms with Gasteiger partial charge < -0.3 is 36.3 Å². The van der Waals surface area contributed by atoms with Crippen LogP contribution in [0.3, 0.4) is 0 Å². The van der Waals surface area contributed by atoms with Gasteiger partial charge in [-0.25, -0.2) is 14.2 Å². The van der Waals surface area contributed by atoms with Gasteiger partial charge in [-0.05, 0) is 74.7 Å². The van der Waals surface area contributed by atoms with Crippen molar-refractivity contribution in [1.29, 1.82) is 0 Å². The van der Waals surface area contributed by atoms with Gasteiger partial charge in [-0.15, -0.1) is 0 Å². The number of urea groups is 1. The molecule has 51 heavy (non-hydrogen) atoms. The summed E-state index contributed by atoms with van der Waals surface area (Å²) in [6.07, 6.45) is -1.95. The van der Waals surface area contributed by atoms with Crippen molar-refractivity contribution >= 4 is 28.7 Å². The van der Waals surface area contributed by atoms with Crippen LogP contribution in [0, 0.1) is 5.82 Å². The number of ether oxygens (including phenoxy) is 2. The highest BCUT2D eigenvalue weighted by molar-refractivity contribution is 6.00. The Hall–Kier alpha value is -5.51. The molecular weight excluding hydrogens is 676 g/mol. The van der Waals surface area contributed by atoms with E-state index in [1.165, 1.54) is 31.2 Å². The van der Waals surface area contributed by atoms with Crippen LogP contribution < -0.4 is 31.2 Å². The first-order chi connectivity index (χ1) is 24.2. The molecule has 1 fully saturated rings. The molecule has 0 saturated heterocycles. The Balaban J connectivity index is 1.35. The predicted octanol–water partition coefficient (Wildman–Crippen LogP) is 3.98. The van der Waals surface area contributed by atoms with Gasteiger partial charge in [0.15, 0.2) is 0 Å². The monoisotopic (exact) mass is 710 g/mol. The summed E-state index contributed by atoms with van der Waals surface area (Å²) < 4.78 is 70.6. The fraction of sp³-hybridized carbons (Fsp3) is 0.343. The van der Waals surface area contributed by atoms with Crippen molar-refractivity contribution in [1.82, 2.24) is 25.9 Å². The molecule has 0 radical (unpaired) electrons. The summed E-state index contributed by atoms with van der Waals surface area (Å²) in [5.74, 6) is -1.88. The van der Waals surface area contributed by atoms with Gasteiger partial charge in [0.1, 0.15) is 40.5 Å². The van der Waals surface area contributed by atoms with Gasteiger partial charge in [0.25, 0.3) is 5.91 Å². The van der Waals surface area contributed by atoms with Gasteiger partial charge in [-0.2, -0.15) is 13.2 Å². The number of halogens is 4. The van der Waals surface area contributed by atoms with Crippen molar-refractivity contribution in [3.05, 3.63) is 83.4 Å². The fourth-order valence-corrected chi connectivity index (χ4v) is 5.68. The van der Waals surface area contributed by atoms with E-state index in [0.29, 0.717) is 23.1 Å². The zero-order chi connectivity index (χ0) is 36.6. The lowest BCUT2D eigenvalue weighted by molar-refractivity contribution is -0.265. The molecule has 0 spiro atoms. The van der Waals surface area contributed by atoms with Gasteiger partial charge in [0, 0.05) is 41.4 Å². The number of benzene rings is 2. The number of aromatic nitrogens is 2. The standard InChI is InChI=1S/C35H34F4N6O6/c1-33(31(47)42-12-3-13-43-32(40)48)18-50-29-24(33)16-26(45-28(29)19-5-7-22(36)8-6-19)34(49,35(37,38)39)17-44-30(46)21-14-20-4-2-11-41-27(20)25(15-21)51-23-9-10-23/h2,4-8,11,14-16,23,49H,3,9-10,12-13,17-18H2,1H3,(H,42,47)(H,44,46)(H3,40,43,48)/t33-,34?/m0/s1. The third-order valence-corrected chi connectivity index (χ3v) is 8.78. The summed E-state index contributed by atoms with van der Waals surface area (Å²) in [4.78, 5) is 46.3. The maximum atomic E-state index is 15.0. The van der Waals surface area contributed by atoms with Crippen molar-refractivity contribution < 1.29 is 46.5 Å². The number of hydrogen-bond acceptors (Lipinski definition) is 8. The molecule has 12 nitrogen and oxygen atoms in total. The Morgan fingerprint density at radius 3 is 2.47 bits per heavy atom. The number of nitrogens with two attached hydrogens (primary N) is 1. The van der Waals surface area contributed by atoms with Crippen LogP contribution in [-0.2, 0) is 15.8 Å². The van der Waals surface area contributed by atoms with Crippen LogP contribution in [0.1, 0.15) is 47.8 Å². The van der Waals surface area contributed by atoms with E-state index < -0.39 is 53.1 Å². The Morgan fingerprint density at radius 1 is 1.06 bits per heavy atom. The molecule has 2 aromatic heterocycles. The first-order valence-electron chi connectivity index (χ1n) is 16.1. The number of primary amides is 1. The smallest absolute Gasteiger partial charge is 0.424 e. The molecule has 4 amide bonds. The van der Waals surface area contributed by atoms with E-state index in [1.807, 2.05) is 0 Å². The van der Waals surface area contributed by atoms with E-state index in [-0.39, 0.29) is 53.9 Å². The maximum absolute atomic E-state index is 15.0. The minimum absolute atomic E-state index is 0.0162. The van der Waals surface area contributed by atoms with Crippen LogP contribution in [0.15, 0.2) is 60.8 Å². The number of fused-ring (bicyclic) bond motifs is 2. The average Bonchev–Trinajstić information content (AvgIpc) is 3.85. The zero-order valence-corrected chi connectivity index (χ0v) is 27.3. The second-order valence-electron chi connectivity index (χ2n) is 12.7. The number of hydrogen-bond donors (Lipinski definition) is 5. The van der Waals surface area contributed by atoms with Gasteiger partial charge in [-0.1, -0.05) is 6.07 Å². The first kappa shape index (κ1) is 35.3. The summed E-state index contributed by atoms with van der Waals surface area (Å²) in [6, 6.07) is 11.1. The second kappa shape index (κ2) is 13.7. The van der Waals surface area contributed by atoms with Crippen LogP contribution in [-0.4, -0.2) is 71.4 Å². The topological polar surface area (TPSA) is 178 Å². The lowest BCUT2D eigenvalue weighted by atomic mass is 9.81. The molecule has 2 atom stereocenters. The molecule has 3 heterocycles. The molecule has 1 aliphatic heterocycles. The van der Waals surface area contributed by atoms with Crippen molar-refractivity contribution in [3.63, 3.8) is 0 Å². The summed E-state index contributed by atoms with van der Waals surface area (Å²) in [6.45, 7) is 0.0557. The van der Waals surface area contributed by atoms with Gasteiger partial charge >= 0.3 is 12.2 Å². The van der Waals surface area contributed by atoms with Crippen LogP contribution in [0.2, 0.25) is 0 Å². The molecule has 2 aromatic carbocycles. The molecule has 1 aliphatic carbocycles. The largest absolute Gasteiger partial charge is 0.489 e. The number of alkyl halides is 3. The first-order valence-corrected chi connectivity index (χ1v) is 16.1. The molecular formula is C35H34F4N6O6. The molecule has 2 aliphatic rings. The van der Waals surface area contributed by atoms with Gasteiger partial charge in [0.2, 0.25) is 11.5 Å². The van der Waals surface area contributed by atoms with Crippen LogP contribution in [0.5, 0.6) is 11.5 Å². The molecule has 4 aromatic rings. The van der Waals surface area contributed by atoms with Gasteiger partial charge in [0.05, 0.1) is 18.3 Å². The van der Waals surface area contributed by atoms with E-state index >= 15 is 0 Å². The molecule has 6 N–H and O–H groups in total. The van der Waals surface area contributed by atoms with E-state index in [1.54, 1.807) is 18.3 Å². The third kappa shape index (κ3) is 7.22. The molecule has 0 bridgehead atoms. The number of carbonyl (C=O) groups excluding carboxylic acids is 3. The minimum Gasteiger partial charge on any atom is -0.489 e. The maximum Gasteiger partial charge on any atom is 0.424 e. The van der Waals surface area contributed by atoms with E-state index in [0.717, 1.165) is 31.0 Å². The van der Waals surface area contributed by atoms with E-state index in [2.05, 4.69) is 25.9 Å². The van der Waals surface area contributed by atoms with Crippen molar-refractivity contribution in [2.24, 2.45) is 5.73 Å². The Bertz CT molecular complexity index is 1990. The zero-order valence-electron chi connectivity index (χ0n) is 27.3. The van der Waals surface area contributed by atoms with Crippen LogP contribution >= 0.6 is 0 Å². The highest BCUT2D eigenvalue weighted by atomic mass is 19.4. The lowest BCUT2D eigenvalue weighted by Gasteiger charge is -2.31. The van der Waals surface area contributed by atoms with Crippen molar-refractivity contribution in [2.75, 3.05) is 26.2 Å². The molecule has 1 saturated carbocycles. The van der Waals surface area contributed by atoms with E-state index in [4.69, 9.17) is 15.2 Å². The molecule has 6 rings (SSSR count). The van der Waals surface area contributed by atoms with Crippen LogP contribution in [0.4, 0.5) is 22.4 Å². The van der Waals surface area contributed by atoms with Crippen molar-refractivity contribution in [2.45, 2.75) is 49.5 Å². The predicted molar refractivity (Wildman–Crippen MR) is 175 cm³/mol. The summed E-state index contributed by atoms with van der Waals surface area (Å²) in [5.41, 5.74) is -0.775. The average molecular weight is 711 g/mol. The van der Waals surface area contributed by atoms with Crippen molar-refractivity contribution in [3.8, 4) is 22.8 Å². The summed E-state index contributed by atoms with van der Waals surface area (Å²) >= 11 is 0. The fourth-order valence-electron chi connectivity index (χ4n) is 5.68. The lowest BCUT2D eigenvalue weighted by Crippen LogP contribution is -2.52. The molecule has 268 valence electrons. The summed E-state index contributed by atoms with van der Waals surface area (Å²) in [5, 5.41) is 19.3. The Labute approximate surface area is 288 Å². The number of pyridine rings is 2. The number of carbonyl (C=O) groups is 3. The van der Waals surface area contributed by atoms with E-state index in [9.17, 15) is 37.1 Å². The number of aliphatic hydroxyl groups is 1. The number of amides is 4. The molecule has 1 unspecified atom stereocenters. The van der Waals surface area contributed by atoms with Gasteiger partial charge in [-0.3, -0.25) is 14.6 Å². The Kier molecular flexibility index (Phi) is 9.46. The third-order valence-electron chi connectivity index (χ3n) is 8.78. The highest BCUT2D eigenvalue weighted by Crippen LogP contribution is 2.48. The minimum atomic E-state index is -5.39. The second-order valence-corrected chi connectivity index (χ2v) is 12.7. The number of nitrogens with one attached hydrogen (secondary N) is 3. The Morgan fingerprint density at radius 2 is 1.78 bits per heavy atom. The SMILES string of the molecule is C[C@]1(C(=O)NCCCNC(N)=O)COc2c1cc(C(O)(CNC(=O)c1cc(OC3CC3)c3ncccc3c1)C(F)(F)F)nc2-c1ccc(F)cc1. The molecule has 16 heteroatoms.